The van der Waals surface area contributed by atoms with Crippen LogP contribution >= 0.6 is 0 Å². The number of rotatable bonds is 4. The normalized spacial score (nSPS) is 12.5. The van der Waals surface area contributed by atoms with E-state index in [-0.39, 0.29) is 11.9 Å². The topological polar surface area (TPSA) is 72.7 Å². The number of amides is 1. The summed E-state index contributed by atoms with van der Waals surface area (Å²) >= 11 is 0. The van der Waals surface area contributed by atoms with Gasteiger partial charge in [-0.1, -0.05) is 13.8 Å². The highest BCUT2D eigenvalue weighted by Crippen LogP contribution is 2.22. The lowest BCUT2D eigenvalue weighted by Gasteiger charge is -2.19. The van der Waals surface area contributed by atoms with Gasteiger partial charge in [-0.2, -0.15) is 5.10 Å². The van der Waals surface area contributed by atoms with E-state index in [0.29, 0.717) is 28.6 Å². The van der Waals surface area contributed by atoms with Crippen LogP contribution in [0.1, 0.15) is 42.9 Å². The Labute approximate surface area is 140 Å². The van der Waals surface area contributed by atoms with Gasteiger partial charge in [-0.15, -0.1) is 0 Å². The molecule has 0 saturated heterocycles. The summed E-state index contributed by atoms with van der Waals surface area (Å²) < 4.78 is 1.84. The Kier molecular flexibility index (Phi) is 4.29. The van der Waals surface area contributed by atoms with Gasteiger partial charge in [-0.05, 0) is 38.0 Å². The number of aromatic nitrogens is 4. The van der Waals surface area contributed by atoms with Gasteiger partial charge < -0.3 is 5.32 Å². The monoisotopic (exact) mass is 323 g/mol. The molecule has 1 atom stereocenters. The van der Waals surface area contributed by atoms with Crippen molar-refractivity contribution in [1.82, 2.24) is 19.7 Å². The van der Waals surface area contributed by atoms with Gasteiger partial charge in [0.05, 0.1) is 23.5 Å². The maximum Gasteiger partial charge on any atom is 0.258 e. The van der Waals surface area contributed by atoms with E-state index in [9.17, 15) is 4.79 Å². The number of nitrogens with zero attached hydrogens (tertiary/aromatic N) is 4. The third-order valence-corrected chi connectivity index (χ3v) is 4.29. The molecule has 0 aliphatic carbocycles. The van der Waals surface area contributed by atoms with Gasteiger partial charge in [0.2, 0.25) is 0 Å². The summed E-state index contributed by atoms with van der Waals surface area (Å²) in [5, 5.41) is 8.13. The summed E-state index contributed by atoms with van der Waals surface area (Å²) in [7, 11) is 0. The van der Waals surface area contributed by atoms with E-state index in [4.69, 9.17) is 0 Å². The molecule has 6 heteroatoms. The second-order valence-corrected chi connectivity index (χ2v) is 6.27. The molecule has 0 spiro atoms. The fraction of sp³-hybridized carbons (Fsp3) is 0.333. The van der Waals surface area contributed by atoms with Crippen LogP contribution in [0, 0.1) is 12.8 Å². The van der Waals surface area contributed by atoms with Crippen molar-refractivity contribution in [2.75, 3.05) is 5.32 Å². The number of carbonyl (C=O) groups is 1. The Morgan fingerprint density at radius 3 is 2.75 bits per heavy atom. The molecule has 0 saturated carbocycles. The number of hydrogen-bond acceptors (Lipinski definition) is 4. The molecule has 3 rings (SSSR count). The van der Waals surface area contributed by atoms with Crippen molar-refractivity contribution >= 4 is 22.8 Å². The summed E-state index contributed by atoms with van der Waals surface area (Å²) in [4.78, 5) is 21.3. The number of aryl methyl sites for hydroxylation is 1. The molecule has 6 nitrogen and oxygen atoms in total. The Bertz CT molecular complexity index is 884. The van der Waals surface area contributed by atoms with Gasteiger partial charge in [-0.25, -0.2) is 14.6 Å². The highest BCUT2D eigenvalue weighted by atomic mass is 16.1. The number of anilines is 1. The maximum absolute atomic E-state index is 12.7. The Hall–Kier alpha value is -2.76. The third kappa shape index (κ3) is 2.99. The molecule has 3 aromatic heterocycles. The second kappa shape index (κ2) is 6.39. The molecule has 0 aromatic carbocycles. The van der Waals surface area contributed by atoms with Crippen molar-refractivity contribution in [3.05, 3.63) is 47.9 Å². The van der Waals surface area contributed by atoms with Gasteiger partial charge >= 0.3 is 0 Å². The quantitative estimate of drug-likeness (QED) is 0.796. The number of nitrogens with one attached hydrogen (secondary N) is 1. The van der Waals surface area contributed by atoms with Crippen LogP contribution in [0.25, 0.3) is 11.0 Å². The highest BCUT2D eigenvalue weighted by Gasteiger charge is 2.17. The third-order valence-electron chi connectivity index (χ3n) is 4.29. The standard InChI is InChI=1S/C18H21N5O/c1-11(2)13(4)23-16(7-9-20-23)22-18(24)15-10-14-6-5-8-19-17(14)21-12(15)3/h5-11,13H,1-4H3,(H,22,24). The molecular formula is C18H21N5O. The van der Waals surface area contributed by atoms with Crippen molar-refractivity contribution in [2.45, 2.75) is 33.7 Å². The highest BCUT2D eigenvalue weighted by molar-refractivity contribution is 6.06. The van der Waals surface area contributed by atoms with Crippen molar-refractivity contribution in [3.63, 3.8) is 0 Å². The summed E-state index contributed by atoms with van der Waals surface area (Å²) in [6.45, 7) is 8.16. The number of carbonyl (C=O) groups excluding carboxylic acids is 1. The molecule has 0 radical (unpaired) electrons. The number of hydrogen-bond donors (Lipinski definition) is 1. The van der Waals surface area contributed by atoms with E-state index in [1.807, 2.05) is 35.9 Å². The van der Waals surface area contributed by atoms with Gasteiger partial charge in [-0.3, -0.25) is 4.79 Å². The summed E-state index contributed by atoms with van der Waals surface area (Å²) in [5.41, 5.74) is 1.84. The smallest absolute Gasteiger partial charge is 0.258 e. The molecule has 124 valence electrons. The average molecular weight is 323 g/mol. The Morgan fingerprint density at radius 2 is 2.00 bits per heavy atom. The molecule has 1 amide bonds. The minimum absolute atomic E-state index is 0.190. The van der Waals surface area contributed by atoms with Crippen molar-refractivity contribution in [2.24, 2.45) is 5.92 Å². The number of fused-ring (bicyclic) bond motifs is 1. The molecule has 3 heterocycles. The van der Waals surface area contributed by atoms with Crippen LogP contribution in [-0.4, -0.2) is 25.7 Å². The largest absolute Gasteiger partial charge is 0.307 e. The lowest BCUT2D eigenvalue weighted by Crippen LogP contribution is -2.20. The van der Waals surface area contributed by atoms with E-state index in [1.165, 1.54) is 0 Å². The van der Waals surface area contributed by atoms with Gasteiger partial charge in [0, 0.05) is 17.6 Å². The van der Waals surface area contributed by atoms with Gasteiger partial charge in [0.15, 0.2) is 5.65 Å². The molecule has 0 aliphatic heterocycles. The van der Waals surface area contributed by atoms with Crippen molar-refractivity contribution in [3.8, 4) is 0 Å². The van der Waals surface area contributed by atoms with E-state index in [1.54, 1.807) is 12.4 Å². The fourth-order valence-corrected chi connectivity index (χ4v) is 2.53. The first-order chi connectivity index (χ1) is 11.5. The SMILES string of the molecule is Cc1nc2ncccc2cc1C(=O)Nc1ccnn1C(C)C(C)C. The minimum atomic E-state index is -0.191. The Balaban J connectivity index is 1.91. The van der Waals surface area contributed by atoms with E-state index < -0.39 is 0 Å². The summed E-state index contributed by atoms with van der Waals surface area (Å²) in [5.74, 6) is 0.908. The first kappa shape index (κ1) is 16.1. The predicted molar refractivity (Wildman–Crippen MR) is 94.0 cm³/mol. The zero-order chi connectivity index (χ0) is 17.3. The molecule has 1 unspecified atom stereocenters. The summed E-state index contributed by atoms with van der Waals surface area (Å²) in [6, 6.07) is 7.56. The molecule has 1 N–H and O–H groups in total. The molecule has 0 bridgehead atoms. The van der Waals surface area contributed by atoms with E-state index in [2.05, 4.69) is 41.2 Å². The lowest BCUT2D eigenvalue weighted by atomic mass is 10.1. The first-order valence-corrected chi connectivity index (χ1v) is 8.04. The molecule has 3 aromatic rings. The van der Waals surface area contributed by atoms with Gasteiger partial charge in [0.1, 0.15) is 5.82 Å². The fourth-order valence-electron chi connectivity index (χ4n) is 2.53. The average Bonchev–Trinajstić information content (AvgIpc) is 3.01. The van der Waals surface area contributed by atoms with Gasteiger partial charge in [0.25, 0.3) is 5.91 Å². The van der Waals surface area contributed by atoms with Crippen LogP contribution in [0.15, 0.2) is 36.7 Å². The van der Waals surface area contributed by atoms with Crippen molar-refractivity contribution < 1.29 is 4.79 Å². The van der Waals surface area contributed by atoms with Crippen LogP contribution in [0.2, 0.25) is 0 Å². The minimum Gasteiger partial charge on any atom is -0.307 e. The van der Waals surface area contributed by atoms with Crippen LogP contribution in [-0.2, 0) is 0 Å². The van der Waals surface area contributed by atoms with Crippen LogP contribution in [0.5, 0.6) is 0 Å². The molecular weight excluding hydrogens is 302 g/mol. The predicted octanol–water partition coefficient (Wildman–Crippen LogP) is 3.60. The van der Waals surface area contributed by atoms with Crippen LogP contribution < -0.4 is 5.32 Å². The zero-order valence-corrected chi connectivity index (χ0v) is 14.3. The van der Waals surface area contributed by atoms with Crippen LogP contribution in [0.3, 0.4) is 0 Å². The lowest BCUT2D eigenvalue weighted by molar-refractivity contribution is 0.102. The second-order valence-electron chi connectivity index (χ2n) is 6.27. The Morgan fingerprint density at radius 1 is 1.21 bits per heavy atom. The molecule has 0 fully saturated rings. The van der Waals surface area contributed by atoms with E-state index in [0.717, 1.165) is 5.39 Å². The first-order valence-electron chi connectivity index (χ1n) is 8.04. The maximum atomic E-state index is 12.7. The summed E-state index contributed by atoms with van der Waals surface area (Å²) in [6.07, 6.45) is 3.39. The molecule has 0 aliphatic rings. The van der Waals surface area contributed by atoms with Crippen LogP contribution in [0.4, 0.5) is 5.82 Å². The van der Waals surface area contributed by atoms with E-state index >= 15 is 0 Å². The van der Waals surface area contributed by atoms with Crippen molar-refractivity contribution in [1.29, 1.82) is 0 Å². The zero-order valence-electron chi connectivity index (χ0n) is 14.3. The molecule has 24 heavy (non-hydrogen) atoms. The number of pyridine rings is 2.